The van der Waals surface area contributed by atoms with Gasteiger partial charge < -0.3 is 10.1 Å². The van der Waals surface area contributed by atoms with Gasteiger partial charge in [-0.3, -0.25) is 4.90 Å². The molecule has 0 aromatic rings. The Balaban J connectivity index is 2.23. The zero-order chi connectivity index (χ0) is 14.1. The second kappa shape index (κ2) is 8.93. The Bertz CT molecular complexity index is 225. The summed E-state index contributed by atoms with van der Waals surface area (Å²) in [6.07, 6.45) is 6.47. The molecule has 114 valence electrons. The summed E-state index contributed by atoms with van der Waals surface area (Å²) in [5, 5.41) is 3.65. The zero-order valence-corrected chi connectivity index (χ0v) is 13.5. The lowest BCUT2D eigenvalue weighted by Crippen LogP contribution is -2.50. The van der Waals surface area contributed by atoms with Crippen LogP contribution in [0.2, 0.25) is 0 Å². The SMILES string of the molecule is CCCCOCCN1CCCCC1CNC(C)(C)C. The van der Waals surface area contributed by atoms with Crippen LogP contribution in [0.1, 0.15) is 59.8 Å². The first kappa shape index (κ1) is 16.9. The molecule has 1 atom stereocenters. The van der Waals surface area contributed by atoms with Gasteiger partial charge in [0.1, 0.15) is 0 Å². The average molecular weight is 270 g/mol. The normalized spacial score (nSPS) is 21.8. The van der Waals surface area contributed by atoms with E-state index in [1.807, 2.05) is 0 Å². The van der Waals surface area contributed by atoms with Gasteiger partial charge in [0.15, 0.2) is 0 Å². The number of rotatable bonds is 8. The van der Waals surface area contributed by atoms with Crippen LogP contribution in [0.5, 0.6) is 0 Å². The lowest BCUT2D eigenvalue weighted by molar-refractivity contribution is 0.0683. The van der Waals surface area contributed by atoms with Crippen LogP contribution in [0.3, 0.4) is 0 Å². The molecule has 1 rings (SSSR count). The van der Waals surface area contributed by atoms with Crippen molar-refractivity contribution in [2.45, 2.75) is 71.4 Å². The number of unbranched alkanes of at least 4 members (excludes halogenated alkanes) is 1. The van der Waals surface area contributed by atoms with Crippen LogP contribution in [-0.2, 0) is 4.74 Å². The Morgan fingerprint density at radius 1 is 1.21 bits per heavy atom. The van der Waals surface area contributed by atoms with Crippen LogP contribution in [0.25, 0.3) is 0 Å². The van der Waals surface area contributed by atoms with E-state index < -0.39 is 0 Å². The van der Waals surface area contributed by atoms with Gasteiger partial charge in [0, 0.05) is 31.3 Å². The fourth-order valence-electron chi connectivity index (χ4n) is 2.54. The van der Waals surface area contributed by atoms with Gasteiger partial charge in [0.2, 0.25) is 0 Å². The summed E-state index contributed by atoms with van der Waals surface area (Å²) in [5.41, 5.74) is 0.223. The van der Waals surface area contributed by atoms with E-state index in [4.69, 9.17) is 4.74 Å². The minimum Gasteiger partial charge on any atom is -0.380 e. The summed E-state index contributed by atoms with van der Waals surface area (Å²) in [7, 11) is 0. The third kappa shape index (κ3) is 7.91. The van der Waals surface area contributed by atoms with E-state index in [1.165, 1.54) is 38.6 Å². The van der Waals surface area contributed by atoms with Crippen molar-refractivity contribution in [2.24, 2.45) is 0 Å². The maximum absolute atomic E-state index is 5.71. The van der Waals surface area contributed by atoms with Crippen molar-refractivity contribution in [1.82, 2.24) is 10.2 Å². The lowest BCUT2D eigenvalue weighted by Gasteiger charge is -2.37. The number of ether oxygens (including phenoxy) is 1. The highest BCUT2D eigenvalue weighted by Crippen LogP contribution is 2.16. The molecular weight excluding hydrogens is 236 g/mol. The molecule has 1 saturated heterocycles. The van der Waals surface area contributed by atoms with Gasteiger partial charge in [-0.2, -0.15) is 0 Å². The van der Waals surface area contributed by atoms with E-state index in [-0.39, 0.29) is 5.54 Å². The minimum absolute atomic E-state index is 0.223. The molecule has 0 radical (unpaired) electrons. The van der Waals surface area contributed by atoms with Gasteiger partial charge in [-0.15, -0.1) is 0 Å². The van der Waals surface area contributed by atoms with Crippen LogP contribution in [0, 0.1) is 0 Å². The molecule has 1 aliphatic heterocycles. The Kier molecular flexibility index (Phi) is 7.96. The molecule has 1 aliphatic rings. The van der Waals surface area contributed by atoms with Crippen molar-refractivity contribution < 1.29 is 4.74 Å². The molecule has 0 aromatic heterocycles. The maximum atomic E-state index is 5.71. The van der Waals surface area contributed by atoms with Crippen molar-refractivity contribution in [2.75, 3.05) is 32.8 Å². The van der Waals surface area contributed by atoms with Gasteiger partial charge in [-0.1, -0.05) is 19.8 Å². The number of nitrogens with zero attached hydrogens (tertiary/aromatic N) is 1. The summed E-state index contributed by atoms with van der Waals surface area (Å²) in [5.74, 6) is 0. The fourth-order valence-corrected chi connectivity index (χ4v) is 2.54. The number of hydrogen-bond acceptors (Lipinski definition) is 3. The average Bonchev–Trinajstić information content (AvgIpc) is 2.36. The molecule has 19 heavy (non-hydrogen) atoms. The standard InChI is InChI=1S/C16H34N2O/c1-5-6-12-19-13-11-18-10-8-7-9-15(18)14-17-16(2,3)4/h15,17H,5-14H2,1-4H3. The van der Waals surface area contributed by atoms with Gasteiger partial charge in [0.05, 0.1) is 6.61 Å². The monoisotopic (exact) mass is 270 g/mol. The molecule has 1 heterocycles. The molecule has 0 aliphatic carbocycles. The quantitative estimate of drug-likeness (QED) is 0.686. The number of piperidine rings is 1. The largest absolute Gasteiger partial charge is 0.380 e. The highest BCUT2D eigenvalue weighted by atomic mass is 16.5. The van der Waals surface area contributed by atoms with E-state index in [2.05, 4.69) is 37.9 Å². The van der Waals surface area contributed by atoms with Gasteiger partial charge in [-0.25, -0.2) is 0 Å². The first-order valence-electron chi connectivity index (χ1n) is 8.10. The smallest absolute Gasteiger partial charge is 0.0593 e. The van der Waals surface area contributed by atoms with Crippen molar-refractivity contribution in [3.63, 3.8) is 0 Å². The first-order valence-corrected chi connectivity index (χ1v) is 8.10. The lowest BCUT2D eigenvalue weighted by atomic mass is 10.0. The number of likely N-dealkylation sites (tertiary alicyclic amines) is 1. The number of hydrogen-bond donors (Lipinski definition) is 1. The molecule has 0 bridgehead atoms. The zero-order valence-electron chi connectivity index (χ0n) is 13.5. The molecule has 0 aromatic carbocycles. The molecule has 1 fully saturated rings. The predicted octanol–water partition coefficient (Wildman–Crippen LogP) is 3.05. The van der Waals surface area contributed by atoms with Crippen molar-refractivity contribution in [1.29, 1.82) is 0 Å². The third-order valence-electron chi connectivity index (χ3n) is 3.78. The van der Waals surface area contributed by atoms with Crippen molar-refractivity contribution >= 4 is 0 Å². The van der Waals surface area contributed by atoms with Crippen LogP contribution >= 0.6 is 0 Å². The van der Waals surface area contributed by atoms with Crippen LogP contribution < -0.4 is 5.32 Å². The molecule has 3 heteroatoms. The summed E-state index contributed by atoms with van der Waals surface area (Å²) >= 11 is 0. The Hall–Kier alpha value is -0.120. The highest BCUT2D eigenvalue weighted by Gasteiger charge is 2.23. The summed E-state index contributed by atoms with van der Waals surface area (Å²) in [6, 6.07) is 0.697. The Morgan fingerprint density at radius 2 is 2.00 bits per heavy atom. The number of nitrogens with one attached hydrogen (secondary N) is 1. The molecule has 0 saturated carbocycles. The van der Waals surface area contributed by atoms with E-state index in [1.54, 1.807) is 0 Å². The predicted molar refractivity (Wildman–Crippen MR) is 82.7 cm³/mol. The summed E-state index contributed by atoms with van der Waals surface area (Å²) in [4.78, 5) is 2.62. The van der Waals surface area contributed by atoms with Crippen molar-refractivity contribution in [3.05, 3.63) is 0 Å². The van der Waals surface area contributed by atoms with Crippen molar-refractivity contribution in [3.8, 4) is 0 Å². The van der Waals surface area contributed by atoms with Crippen LogP contribution in [0.15, 0.2) is 0 Å². The Morgan fingerprint density at radius 3 is 2.68 bits per heavy atom. The molecule has 0 spiro atoms. The second-order valence-corrected chi connectivity index (χ2v) is 6.78. The van der Waals surface area contributed by atoms with E-state index in [0.717, 1.165) is 26.3 Å². The summed E-state index contributed by atoms with van der Waals surface area (Å²) in [6.45, 7) is 14.2. The molecule has 0 amide bonds. The topological polar surface area (TPSA) is 24.5 Å². The second-order valence-electron chi connectivity index (χ2n) is 6.78. The minimum atomic E-state index is 0.223. The molecule has 1 unspecified atom stereocenters. The Labute approximate surface area is 120 Å². The maximum Gasteiger partial charge on any atom is 0.0593 e. The van der Waals surface area contributed by atoms with E-state index in [0.29, 0.717) is 6.04 Å². The van der Waals surface area contributed by atoms with Crippen LogP contribution in [0.4, 0.5) is 0 Å². The summed E-state index contributed by atoms with van der Waals surface area (Å²) < 4.78 is 5.71. The van der Waals surface area contributed by atoms with E-state index >= 15 is 0 Å². The van der Waals surface area contributed by atoms with Crippen LogP contribution in [-0.4, -0.2) is 49.3 Å². The third-order valence-corrected chi connectivity index (χ3v) is 3.78. The van der Waals surface area contributed by atoms with E-state index in [9.17, 15) is 0 Å². The van der Waals surface area contributed by atoms with Gasteiger partial charge >= 0.3 is 0 Å². The highest BCUT2D eigenvalue weighted by molar-refractivity contribution is 4.82. The van der Waals surface area contributed by atoms with Gasteiger partial charge in [-0.05, 0) is 46.6 Å². The van der Waals surface area contributed by atoms with Gasteiger partial charge in [0.25, 0.3) is 0 Å². The first-order chi connectivity index (χ1) is 9.03. The molecular formula is C16H34N2O. The molecule has 1 N–H and O–H groups in total. The fraction of sp³-hybridized carbons (Fsp3) is 1.00. The molecule has 3 nitrogen and oxygen atoms in total.